The van der Waals surface area contributed by atoms with Gasteiger partial charge in [-0.05, 0) is 42.5 Å². The second-order valence-corrected chi connectivity index (χ2v) is 6.72. The zero-order valence-corrected chi connectivity index (χ0v) is 13.9. The predicted octanol–water partition coefficient (Wildman–Crippen LogP) is 3.34. The summed E-state index contributed by atoms with van der Waals surface area (Å²) in [5, 5.41) is 10.9. The van der Waals surface area contributed by atoms with Gasteiger partial charge in [0.1, 0.15) is 11.1 Å². The van der Waals surface area contributed by atoms with Gasteiger partial charge in [-0.15, -0.1) is 0 Å². The van der Waals surface area contributed by atoms with E-state index in [1.165, 1.54) is 11.8 Å². The van der Waals surface area contributed by atoms with E-state index in [4.69, 9.17) is 17.3 Å². The Morgan fingerprint density at radius 3 is 2.74 bits per heavy atom. The topological polar surface area (TPSA) is 79.8 Å². The van der Waals surface area contributed by atoms with Crippen molar-refractivity contribution < 1.29 is 4.79 Å². The van der Waals surface area contributed by atoms with E-state index in [9.17, 15) is 10.1 Å². The lowest BCUT2D eigenvalue weighted by Gasteiger charge is -2.14. The number of nitrogens with zero attached hydrogens (tertiary/aromatic N) is 2. The number of pyridine rings is 1. The number of fused-ring (bicyclic) bond motifs is 1. The molecule has 0 spiro atoms. The van der Waals surface area contributed by atoms with Crippen molar-refractivity contribution >= 4 is 29.3 Å². The summed E-state index contributed by atoms with van der Waals surface area (Å²) in [6.07, 6.45) is 2.83. The fourth-order valence-electron chi connectivity index (χ4n) is 2.84. The van der Waals surface area contributed by atoms with Gasteiger partial charge in [-0.2, -0.15) is 5.26 Å². The molecule has 0 bridgehead atoms. The lowest BCUT2D eigenvalue weighted by Crippen LogP contribution is -2.13. The maximum atomic E-state index is 11.1. The number of halogens is 1. The predicted molar refractivity (Wildman–Crippen MR) is 91.3 cm³/mol. The van der Waals surface area contributed by atoms with Gasteiger partial charge in [-0.25, -0.2) is 4.98 Å². The third-order valence-electron chi connectivity index (χ3n) is 3.79. The molecule has 0 saturated carbocycles. The highest BCUT2D eigenvalue weighted by atomic mass is 35.5. The number of hydrogen-bond acceptors (Lipinski definition) is 4. The van der Waals surface area contributed by atoms with Gasteiger partial charge < -0.3 is 5.73 Å². The van der Waals surface area contributed by atoms with Crippen molar-refractivity contribution in [1.82, 2.24) is 4.98 Å². The van der Waals surface area contributed by atoms with E-state index in [0.717, 1.165) is 41.6 Å². The zero-order chi connectivity index (χ0) is 16.4. The number of thioether (sulfide) groups is 1. The molecule has 3 rings (SSSR count). The van der Waals surface area contributed by atoms with Crippen LogP contribution in [0.2, 0.25) is 5.02 Å². The quantitative estimate of drug-likeness (QED) is 0.863. The molecule has 1 aromatic heterocycles. The molecule has 1 aliphatic rings. The van der Waals surface area contributed by atoms with Crippen molar-refractivity contribution in [2.45, 2.75) is 24.3 Å². The van der Waals surface area contributed by atoms with Crippen molar-refractivity contribution in [3.05, 3.63) is 46.1 Å². The van der Waals surface area contributed by atoms with Crippen LogP contribution in [0.3, 0.4) is 0 Å². The van der Waals surface area contributed by atoms with Gasteiger partial charge in [0, 0.05) is 16.3 Å². The van der Waals surface area contributed by atoms with E-state index in [1.54, 1.807) is 0 Å². The Hall–Kier alpha value is -2.03. The van der Waals surface area contributed by atoms with Crippen molar-refractivity contribution in [2.75, 3.05) is 5.75 Å². The van der Waals surface area contributed by atoms with E-state index in [0.29, 0.717) is 15.6 Å². The minimum atomic E-state index is -0.422. The van der Waals surface area contributed by atoms with Crippen LogP contribution in [-0.4, -0.2) is 16.6 Å². The molecule has 23 heavy (non-hydrogen) atoms. The molecule has 0 unspecified atom stereocenters. The number of amides is 1. The average Bonchev–Trinajstić information content (AvgIpc) is 3.00. The zero-order valence-electron chi connectivity index (χ0n) is 12.3. The second-order valence-electron chi connectivity index (χ2n) is 5.32. The largest absolute Gasteiger partial charge is 0.369 e. The van der Waals surface area contributed by atoms with Gasteiger partial charge in [0.15, 0.2) is 0 Å². The highest BCUT2D eigenvalue weighted by molar-refractivity contribution is 8.00. The highest BCUT2D eigenvalue weighted by Gasteiger charge is 2.24. The number of carbonyl (C=O) groups is 1. The van der Waals surface area contributed by atoms with Gasteiger partial charge >= 0.3 is 0 Å². The summed E-state index contributed by atoms with van der Waals surface area (Å²) in [6.45, 7) is 0. The minimum absolute atomic E-state index is 0.112. The lowest BCUT2D eigenvalue weighted by atomic mass is 9.95. The summed E-state index contributed by atoms with van der Waals surface area (Å²) in [6, 6.07) is 9.73. The maximum Gasteiger partial charge on any atom is 0.227 e. The first-order chi connectivity index (χ1) is 11.1. The number of benzene rings is 1. The first-order valence-corrected chi connectivity index (χ1v) is 8.59. The number of nitrogens with two attached hydrogens (primary N) is 1. The molecule has 0 fully saturated rings. The van der Waals surface area contributed by atoms with Gasteiger partial charge in [0.25, 0.3) is 0 Å². The summed E-state index contributed by atoms with van der Waals surface area (Å²) in [5.74, 6) is -0.310. The van der Waals surface area contributed by atoms with Crippen LogP contribution >= 0.6 is 23.4 Å². The third kappa shape index (κ3) is 3.19. The fraction of sp³-hybridized carbons (Fsp3) is 0.235. The van der Waals surface area contributed by atoms with Crippen molar-refractivity contribution in [3.8, 4) is 17.2 Å². The Kier molecular flexibility index (Phi) is 4.56. The first-order valence-electron chi connectivity index (χ1n) is 7.23. The van der Waals surface area contributed by atoms with Crippen LogP contribution in [0.5, 0.6) is 0 Å². The Labute approximate surface area is 143 Å². The highest BCUT2D eigenvalue weighted by Crippen LogP contribution is 2.38. The average molecular weight is 344 g/mol. The Balaban J connectivity index is 2.18. The molecule has 0 aliphatic heterocycles. The number of aromatic nitrogens is 1. The molecule has 2 N–H and O–H groups in total. The van der Waals surface area contributed by atoms with E-state index in [-0.39, 0.29) is 5.75 Å². The molecule has 4 nitrogen and oxygen atoms in total. The molecule has 1 aliphatic carbocycles. The molecular weight excluding hydrogens is 330 g/mol. The van der Waals surface area contributed by atoms with Crippen molar-refractivity contribution in [1.29, 1.82) is 5.26 Å². The fourth-order valence-corrected chi connectivity index (χ4v) is 3.71. The molecule has 0 atom stereocenters. The SMILES string of the molecule is N#Cc1c(SCC(N)=O)nc2c(c1-c1ccc(Cl)cc1)CCC2. The number of aryl methyl sites for hydroxylation is 1. The molecule has 6 heteroatoms. The summed E-state index contributed by atoms with van der Waals surface area (Å²) in [7, 11) is 0. The Morgan fingerprint density at radius 2 is 2.09 bits per heavy atom. The van der Waals surface area contributed by atoms with Crippen LogP contribution in [0.1, 0.15) is 23.2 Å². The maximum absolute atomic E-state index is 11.1. The molecule has 0 saturated heterocycles. The summed E-state index contributed by atoms with van der Waals surface area (Å²) < 4.78 is 0. The number of hydrogen-bond donors (Lipinski definition) is 1. The van der Waals surface area contributed by atoms with Gasteiger partial charge in [0.2, 0.25) is 5.91 Å². The Morgan fingerprint density at radius 1 is 1.35 bits per heavy atom. The normalized spacial score (nSPS) is 12.7. The Bertz CT molecular complexity index is 812. The van der Waals surface area contributed by atoms with Crippen LogP contribution in [0.4, 0.5) is 0 Å². The smallest absolute Gasteiger partial charge is 0.227 e. The standard InChI is InChI=1S/C17H14ClN3OS/c18-11-6-4-10(5-7-11)16-12-2-1-3-14(12)21-17(13(16)8-19)23-9-15(20)22/h4-7H,1-3,9H2,(H2,20,22). The molecule has 1 amide bonds. The van der Waals surface area contributed by atoms with Gasteiger partial charge in [-0.1, -0.05) is 35.5 Å². The number of carbonyl (C=O) groups excluding carboxylic acids is 1. The van der Waals surface area contributed by atoms with Crippen LogP contribution in [0, 0.1) is 11.3 Å². The molecular formula is C17H14ClN3OS. The third-order valence-corrected chi connectivity index (χ3v) is 5.04. The first kappa shape index (κ1) is 15.9. The summed E-state index contributed by atoms with van der Waals surface area (Å²) in [4.78, 5) is 15.7. The van der Waals surface area contributed by atoms with Crippen LogP contribution in [0.25, 0.3) is 11.1 Å². The molecule has 2 aromatic rings. The number of rotatable bonds is 4. The van der Waals surface area contributed by atoms with Crippen LogP contribution in [-0.2, 0) is 17.6 Å². The van der Waals surface area contributed by atoms with Crippen LogP contribution in [0.15, 0.2) is 29.3 Å². The van der Waals surface area contributed by atoms with Crippen molar-refractivity contribution in [3.63, 3.8) is 0 Å². The molecule has 1 heterocycles. The second kappa shape index (κ2) is 6.61. The molecule has 0 radical (unpaired) electrons. The summed E-state index contributed by atoms with van der Waals surface area (Å²) >= 11 is 7.20. The van der Waals surface area contributed by atoms with Crippen molar-refractivity contribution in [2.24, 2.45) is 5.73 Å². The molecule has 1 aromatic carbocycles. The molecule has 116 valence electrons. The monoisotopic (exact) mass is 343 g/mol. The number of nitriles is 1. The van der Waals surface area contributed by atoms with E-state index in [2.05, 4.69) is 11.1 Å². The number of primary amides is 1. The minimum Gasteiger partial charge on any atom is -0.369 e. The van der Waals surface area contributed by atoms with E-state index in [1.807, 2.05) is 24.3 Å². The van der Waals surface area contributed by atoms with Gasteiger partial charge in [-0.3, -0.25) is 4.79 Å². The van der Waals surface area contributed by atoms with Gasteiger partial charge in [0.05, 0.1) is 11.3 Å². The van der Waals surface area contributed by atoms with E-state index >= 15 is 0 Å². The summed E-state index contributed by atoms with van der Waals surface area (Å²) in [5.41, 5.74) is 9.75. The van der Waals surface area contributed by atoms with E-state index < -0.39 is 5.91 Å². The lowest BCUT2D eigenvalue weighted by molar-refractivity contribution is -0.115. The van der Waals surface area contributed by atoms with Crippen LogP contribution < -0.4 is 5.73 Å².